The van der Waals surface area contributed by atoms with E-state index in [1.807, 2.05) is 12.1 Å². The van der Waals surface area contributed by atoms with Crippen LogP contribution in [0.25, 0.3) is 11.1 Å². The zero-order valence-corrected chi connectivity index (χ0v) is 18.2. The highest BCUT2D eigenvalue weighted by molar-refractivity contribution is 5.82. The van der Waals surface area contributed by atoms with Gasteiger partial charge in [-0.15, -0.1) is 6.42 Å². The van der Waals surface area contributed by atoms with Crippen LogP contribution in [-0.4, -0.2) is 70.6 Å². The molecular weight excluding hydrogens is 418 g/mol. The highest BCUT2D eigenvalue weighted by Crippen LogP contribution is 2.53. The number of hydrogen-bond acceptors (Lipinski definition) is 6. The quantitative estimate of drug-likeness (QED) is 0.410. The number of aliphatic hydroxyl groups excluding tert-OH is 4. The van der Waals surface area contributed by atoms with E-state index in [9.17, 15) is 20.4 Å². The highest BCUT2D eigenvalue weighted by Gasteiger charge is 2.44. The molecule has 6 heteroatoms. The van der Waals surface area contributed by atoms with Crippen molar-refractivity contribution < 1.29 is 25.2 Å². The number of piperidine rings is 1. The molecule has 170 valence electrons. The number of ether oxygens (including phenoxy) is 1. The molecule has 5 rings (SSSR count). The molecule has 5 unspecified atom stereocenters. The standard InChI is InChI=1S/C27H27NO5/c1-2-16-3-6-18-19-7-4-17(5-8-22-24(30)26(32)25(31)23(15-29)33-22)14-21(19)27(20(18)13-16)9-11-28-12-10-27/h1,3-4,6-7,13-14,22-26,28-32H,9-12,15H2. The van der Waals surface area contributed by atoms with Crippen LogP contribution in [0, 0.1) is 24.2 Å². The highest BCUT2D eigenvalue weighted by atomic mass is 16.5. The summed E-state index contributed by atoms with van der Waals surface area (Å²) in [6.45, 7) is 1.36. The van der Waals surface area contributed by atoms with E-state index in [1.165, 1.54) is 22.3 Å². The van der Waals surface area contributed by atoms with Gasteiger partial charge in [0.1, 0.15) is 30.5 Å². The minimum Gasteiger partial charge on any atom is -0.394 e. The van der Waals surface area contributed by atoms with Crippen molar-refractivity contribution in [3.05, 3.63) is 58.7 Å². The number of terminal acetylenes is 1. The van der Waals surface area contributed by atoms with Gasteiger partial charge in [0, 0.05) is 16.5 Å². The van der Waals surface area contributed by atoms with E-state index in [1.54, 1.807) is 0 Å². The number of benzene rings is 2. The Labute approximate surface area is 193 Å². The van der Waals surface area contributed by atoms with Crippen LogP contribution in [0.3, 0.4) is 0 Å². The molecule has 2 aromatic carbocycles. The van der Waals surface area contributed by atoms with Gasteiger partial charge in [0.05, 0.1) is 6.61 Å². The summed E-state index contributed by atoms with van der Waals surface area (Å²) in [6.07, 6.45) is 1.43. The number of hydrogen-bond donors (Lipinski definition) is 5. The fourth-order valence-corrected chi connectivity index (χ4v) is 5.43. The van der Waals surface area contributed by atoms with Crippen LogP contribution in [0.1, 0.15) is 35.1 Å². The molecule has 1 aliphatic carbocycles. The first-order valence-corrected chi connectivity index (χ1v) is 11.3. The summed E-state index contributed by atoms with van der Waals surface area (Å²) >= 11 is 0. The van der Waals surface area contributed by atoms with Crippen molar-refractivity contribution in [2.75, 3.05) is 19.7 Å². The van der Waals surface area contributed by atoms with E-state index in [4.69, 9.17) is 11.2 Å². The van der Waals surface area contributed by atoms with E-state index in [0.29, 0.717) is 0 Å². The van der Waals surface area contributed by atoms with Crippen LogP contribution in [-0.2, 0) is 10.2 Å². The van der Waals surface area contributed by atoms with E-state index in [0.717, 1.165) is 37.1 Å². The van der Waals surface area contributed by atoms with Crippen molar-refractivity contribution in [2.24, 2.45) is 0 Å². The molecule has 2 saturated heterocycles. The zero-order valence-electron chi connectivity index (χ0n) is 18.2. The van der Waals surface area contributed by atoms with Gasteiger partial charge < -0.3 is 30.5 Å². The Morgan fingerprint density at radius 2 is 1.58 bits per heavy atom. The Balaban J connectivity index is 1.52. The second kappa shape index (κ2) is 8.59. The fourth-order valence-electron chi connectivity index (χ4n) is 5.43. The molecule has 2 aromatic rings. The van der Waals surface area contributed by atoms with E-state index < -0.39 is 37.1 Å². The summed E-state index contributed by atoms with van der Waals surface area (Å²) in [7, 11) is 0. The summed E-state index contributed by atoms with van der Waals surface area (Å²) in [5.41, 5.74) is 6.43. The number of fused-ring (bicyclic) bond motifs is 5. The first-order chi connectivity index (χ1) is 16.0. The number of rotatable bonds is 1. The van der Waals surface area contributed by atoms with Gasteiger partial charge in [-0.1, -0.05) is 29.9 Å². The molecule has 1 spiro atoms. The molecule has 0 bridgehead atoms. The van der Waals surface area contributed by atoms with Crippen molar-refractivity contribution >= 4 is 0 Å². The Kier molecular flexibility index (Phi) is 5.76. The van der Waals surface area contributed by atoms with Gasteiger partial charge in [0.2, 0.25) is 0 Å². The fraction of sp³-hybridized carbons (Fsp3) is 0.407. The Hall–Kier alpha value is -2.68. The third-order valence-corrected chi connectivity index (χ3v) is 7.24. The maximum Gasteiger partial charge on any atom is 0.147 e. The predicted octanol–water partition coefficient (Wildman–Crippen LogP) is 0.512. The molecule has 6 nitrogen and oxygen atoms in total. The SMILES string of the molecule is C#Cc1ccc2c(c1)C1(CCNCC1)c1cc(C#CC3OC(CO)C(O)C(O)C3O)ccc1-2. The maximum absolute atomic E-state index is 10.3. The molecule has 33 heavy (non-hydrogen) atoms. The first-order valence-electron chi connectivity index (χ1n) is 11.3. The average molecular weight is 446 g/mol. The van der Waals surface area contributed by atoms with Crippen molar-refractivity contribution in [2.45, 2.75) is 48.8 Å². The average Bonchev–Trinajstić information content (AvgIpc) is 3.11. The summed E-state index contributed by atoms with van der Waals surface area (Å²) in [5, 5.41) is 43.1. The van der Waals surface area contributed by atoms with Crippen LogP contribution in [0.4, 0.5) is 0 Å². The minimum absolute atomic E-state index is 0.121. The summed E-state index contributed by atoms with van der Waals surface area (Å²) in [5.74, 6) is 8.71. The van der Waals surface area contributed by atoms with Crippen molar-refractivity contribution in [3.8, 4) is 35.3 Å². The lowest BCUT2D eigenvalue weighted by molar-refractivity contribution is -0.214. The third-order valence-electron chi connectivity index (χ3n) is 7.24. The zero-order chi connectivity index (χ0) is 23.2. The lowest BCUT2D eigenvalue weighted by atomic mass is 9.71. The van der Waals surface area contributed by atoms with Gasteiger partial charge in [-0.2, -0.15) is 0 Å². The Bertz CT molecular complexity index is 1170. The second-order valence-corrected chi connectivity index (χ2v) is 9.02. The molecular formula is C27H27NO5. The monoisotopic (exact) mass is 445 g/mol. The molecule has 0 saturated carbocycles. The third kappa shape index (κ3) is 3.57. The maximum atomic E-state index is 10.3. The summed E-state index contributed by atoms with van der Waals surface area (Å²) < 4.78 is 5.52. The smallest absolute Gasteiger partial charge is 0.147 e. The minimum atomic E-state index is -1.44. The van der Waals surface area contributed by atoms with Gasteiger partial charge >= 0.3 is 0 Å². The van der Waals surface area contributed by atoms with E-state index in [2.05, 4.69) is 47.3 Å². The lowest BCUT2D eigenvalue weighted by Crippen LogP contribution is -2.58. The van der Waals surface area contributed by atoms with Gasteiger partial charge in [-0.3, -0.25) is 0 Å². The van der Waals surface area contributed by atoms with Gasteiger partial charge in [-0.25, -0.2) is 0 Å². The predicted molar refractivity (Wildman–Crippen MR) is 123 cm³/mol. The van der Waals surface area contributed by atoms with Gasteiger partial charge in [0.25, 0.3) is 0 Å². The number of aliphatic hydroxyl groups is 4. The summed E-state index contributed by atoms with van der Waals surface area (Å²) in [6, 6.07) is 12.4. The molecule has 2 aliphatic heterocycles. The van der Waals surface area contributed by atoms with Crippen LogP contribution >= 0.6 is 0 Å². The van der Waals surface area contributed by atoms with Gasteiger partial charge in [-0.05, 0) is 72.5 Å². The lowest BCUT2D eigenvalue weighted by Gasteiger charge is -2.37. The van der Waals surface area contributed by atoms with Crippen molar-refractivity contribution in [1.82, 2.24) is 5.32 Å². The molecule has 2 heterocycles. The molecule has 5 N–H and O–H groups in total. The van der Waals surface area contributed by atoms with Crippen LogP contribution < -0.4 is 5.32 Å². The largest absolute Gasteiger partial charge is 0.394 e. The van der Waals surface area contributed by atoms with Crippen molar-refractivity contribution in [3.63, 3.8) is 0 Å². The summed E-state index contributed by atoms with van der Waals surface area (Å²) in [4.78, 5) is 0. The second-order valence-electron chi connectivity index (χ2n) is 9.02. The molecule has 2 fully saturated rings. The van der Waals surface area contributed by atoms with Gasteiger partial charge in [0.15, 0.2) is 0 Å². The molecule has 3 aliphatic rings. The molecule has 0 aromatic heterocycles. The van der Waals surface area contributed by atoms with E-state index >= 15 is 0 Å². The Morgan fingerprint density at radius 3 is 2.21 bits per heavy atom. The molecule has 5 atom stereocenters. The van der Waals surface area contributed by atoms with E-state index in [-0.39, 0.29) is 5.41 Å². The molecule has 0 amide bonds. The van der Waals surface area contributed by atoms with Crippen LogP contribution in [0.15, 0.2) is 36.4 Å². The normalized spacial score (nSPS) is 29.5. The topological polar surface area (TPSA) is 102 Å². The Morgan fingerprint density at radius 1 is 0.939 bits per heavy atom. The van der Waals surface area contributed by atoms with Crippen molar-refractivity contribution in [1.29, 1.82) is 0 Å². The molecule has 0 radical (unpaired) electrons. The van der Waals surface area contributed by atoms with Crippen LogP contribution in [0.2, 0.25) is 0 Å². The first kappa shape index (κ1) is 22.1. The van der Waals surface area contributed by atoms with Crippen LogP contribution in [0.5, 0.6) is 0 Å². The number of nitrogens with one attached hydrogen (secondary N) is 1.